The summed E-state index contributed by atoms with van der Waals surface area (Å²) in [4.78, 5) is 44.3. The Morgan fingerprint density at radius 1 is 0.950 bits per heavy atom. The number of piperazine rings is 1. The standard InChI is InChI=1S/C30H29BrFN3O5/c31-22-8-13-26(27(17-22)40-25-11-9-23(32)10-12-25)29(37)33-15-16-35(28(36)19-33)24-7-4-14-34(18-24)30(38)39-20-21-5-2-1-3-6-21/h1-3,5-6,8-13,17,24H,4,7,14-16,18-20H2. The fourth-order valence-corrected chi connectivity index (χ4v) is 5.33. The monoisotopic (exact) mass is 609 g/mol. The maximum Gasteiger partial charge on any atom is 0.410 e. The van der Waals surface area contributed by atoms with Crippen LogP contribution in [0.3, 0.4) is 0 Å². The molecule has 3 amide bonds. The first kappa shape index (κ1) is 27.6. The van der Waals surface area contributed by atoms with Crippen molar-refractivity contribution in [1.29, 1.82) is 0 Å². The maximum absolute atomic E-state index is 13.5. The predicted octanol–water partition coefficient (Wildman–Crippen LogP) is 5.47. The fraction of sp³-hybridized carbons (Fsp3) is 0.300. The number of nitrogens with zero attached hydrogens (tertiary/aromatic N) is 3. The molecule has 0 aromatic heterocycles. The van der Waals surface area contributed by atoms with Gasteiger partial charge < -0.3 is 24.2 Å². The lowest BCUT2D eigenvalue weighted by Gasteiger charge is -2.42. The van der Waals surface area contributed by atoms with Crippen LogP contribution in [0.1, 0.15) is 28.8 Å². The van der Waals surface area contributed by atoms with Gasteiger partial charge in [-0.3, -0.25) is 9.59 Å². The van der Waals surface area contributed by atoms with Gasteiger partial charge in [-0.25, -0.2) is 9.18 Å². The van der Waals surface area contributed by atoms with Gasteiger partial charge in [0.25, 0.3) is 5.91 Å². The van der Waals surface area contributed by atoms with Crippen LogP contribution in [0.2, 0.25) is 0 Å². The van der Waals surface area contributed by atoms with Crippen molar-refractivity contribution >= 4 is 33.8 Å². The summed E-state index contributed by atoms with van der Waals surface area (Å²) in [5.41, 5.74) is 1.22. The second-order valence-corrected chi connectivity index (χ2v) is 10.7. The number of halogens is 2. The average Bonchev–Trinajstić information content (AvgIpc) is 2.97. The van der Waals surface area contributed by atoms with Crippen molar-refractivity contribution < 1.29 is 28.2 Å². The van der Waals surface area contributed by atoms with Gasteiger partial charge in [-0.15, -0.1) is 0 Å². The number of carbonyl (C=O) groups is 3. The summed E-state index contributed by atoms with van der Waals surface area (Å²) in [6.45, 7) is 1.83. The van der Waals surface area contributed by atoms with Crippen LogP contribution in [0, 0.1) is 5.82 Å². The van der Waals surface area contributed by atoms with Gasteiger partial charge in [0, 0.05) is 36.7 Å². The maximum atomic E-state index is 13.5. The van der Waals surface area contributed by atoms with E-state index in [0.717, 1.165) is 18.4 Å². The Morgan fingerprint density at radius 3 is 2.48 bits per heavy atom. The highest BCUT2D eigenvalue weighted by Gasteiger charge is 2.36. The van der Waals surface area contributed by atoms with Crippen LogP contribution < -0.4 is 4.74 Å². The third-order valence-electron chi connectivity index (χ3n) is 7.06. The molecule has 0 aliphatic carbocycles. The predicted molar refractivity (Wildman–Crippen MR) is 149 cm³/mol. The van der Waals surface area contributed by atoms with Crippen LogP contribution in [0.5, 0.6) is 11.5 Å². The van der Waals surface area contributed by atoms with Crippen LogP contribution in [0.15, 0.2) is 77.3 Å². The lowest BCUT2D eigenvalue weighted by molar-refractivity contribution is -0.138. The van der Waals surface area contributed by atoms with E-state index < -0.39 is 6.09 Å². The van der Waals surface area contributed by atoms with Gasteiger partial charge in [0.15, 0.2) is 0 Å². The molecule has 0 spiro atoms. The van der Waals surface area contributed by atoms with Crippen LogP contribution in [0.25, 0.3) is 0 Å². The first-order valence-electron chi connectivity index (χ1n) is 13.1. The summed E-state index contributed by atoms with van der Waals surface area (Å²) in [6.07, 6.45) is 1.16. The van der Waals surface area contributed by atoms with Gasteiger partial charge in [0.1, 0.15) is 30.5 Å². The minimum Gasteiger partial charge on any atom is -0.456 e. The van der Waals surface area contributed by atoms with E-state index in [1.165, 1.54) is 29.2 Å². The minimum absolute atomic E-state index is 0.0696. The average molecular weight is 610 g/mol. The topological polar surface area (TPSA) is 79.4 Å². The molecular weight excluding hydrogens is 581 g/mol. The molecule has 0 saturated carbocycles. The van der Waals surface area contributed by atoms with Crippen LogP contribution in [0.4, 0.5) is 9.18 Å². The van der Waals surface area contributed by atoms with E-state index >= 15 is 0 Å². The van der Waals surface area contributed by atoms with E-state index in [1.54, 1.807) is 28.0 Å². The lowest BCUT2D eigenvalue weighted by atomic mass is 10.0. The summed E-state index contributed by atoms with van der Waals surface area (Å²) in [5, 5.41) is 0. The van der Waals surface area contributed by atoms with E-state index in [0.29, 0.717) is 47.7 Å². The molecule has 208 valence electrons. The first-order valence-corrected chi connectivity index (χ1v) is 13.9. The van der Waals surface area contributed by atoms with Gasteiger partial charge in [0.2, 0.25) is 5.91 Å². The minimum atomic E-state index is -0.390. The molecule has 0 N–H and O–H groups in total. The number of hydrogen-bond donors (Lipinski definition) is 0. The van der Waals surface area contributed by atoms with E-state index in [9.17, 15) is 18.8 Å². The number of piperidine rings is 1. The number of carbonyl (C=O) groups excluding carboxylic acids is 3. The number of ether oxygens (including phenoxy) is 2. The Bertz CT molecular complexity index is 1370. The SMILES string of the molecule is O=C(OCc1ccccc1)N1CCCC(N2CCN(C(=O)c3ccc(Br)cc3Oc3ccc(F)cc3)CC2=O)C1. The molecular formula is C30H29BrFN3O5. The molecule has 3 aromatic rings. The first-order chi connectivity index (χ1) is 19.4. The van der Waals surface area contributed by atoms with Crippen molar-refractivity contribution in [3.8, 4) is 11.5 Å². The molecule has 0 bridgehead atoms. The van der Waals surface area contributed by atoms with Crippen LogP contribution >= 0.6 is 15.9 Å². The number of benzene rings is 3. The summed E-state index contributed by atoms with van der Waals surface area (Å²) in [7, 11) is 0. The molecule has 10 heteroatoms. The Morgan fingerprint density at radius 2 is 1.73 bits per heavy atom. The molecule has 3 aromatic carbocycles. The highest BCUT2D eigenvalue weighted by atomic mass is 79.9. The van der Waals surface area contributed by atoms with E-state index in [4.69, 9.17) is 9.47 Å². The summed E-state index contributed by atoms with van der Waals surface area (Å²) >= 11 is 3.40. The highest BCUT2D eigenvalue weighted by Crippen LogP contribution is 2.30. The van der Waals surface area contributed by atoms with E-state index in [1.807, 2.05) is 30.3 Å². The number of likely N-dealkylation sites (tertiary alicyclic amines) is 1. The summed E-state index contributed by atoms with van der Waals surface area (Å²) < 4.78 is 25.4. The van der Waals surface area contributed by atoms with Crippen LogP contribution in [-0.2, 0) is 16.1 Å². The second kappa shape index (κ2) is 12.5. The third kappa shape index (κ3) is 6.62. The second-order valence-electron chi connectivity index (χ2n) is 9.79. The van der Waals surface area contributed by atoms with Gasteiger partial charge >= 0.3 is 6.09 Å². The Kier molecular flexibility index (Phi) is 8.64. The molecule has 2 heterocycles. The molecule has 2 saturated heterocycles. The van der Waals surface area contributed by atoms with Gasteiger partial charge in [0.05, 0.1) is 5.56 Å². The van der Waals surface area contributed by atoms with Crippen molar-refractivity contribution in [2.45, 2.75) is 25.5 Å². The zero-order valence-electron chi connectivity index (χ0n) is 21.8. The number of rotatable bonds is 6. The highest BCUT2D eigenvalue weighted by molar-refractivity contribution is 9.10. The van der Waals surface area contributed by atoms with E-state index in [-0.39, 0.29) is 36.8 Å². The van der Waals surface area contributed by atoms with E-state index in [2.05, 4.69) is 15.9 Å². The normalized spacial score (nSPS) is 17.5. The van der Waals surface area contributed by atoms with Crippen LogP contribution in [-0.4, -0.2) is 71.4 Å². The van der Waals surface area contributed by atoms with Crippen molar-refractivity contribution in [3.63, 3.8) is 0 Å². The molecule has 1 atom stereocenters. The van der Waals surface area contributed by atoms with Gasteiger partial charge in [-0.1, -0.05) is 46.3 Å². The molecule has 2 aliphatic heterocycles. The third-order valence-corrected chi connectivity index (χ3v) is 7.55. The molecule has 1 unspecified atom stereocenters. The smallest absolute Gasteiger partial charge is 0.410 e. The lowest BCUT2D eigenvalue weighted by Crippen LogP contribution is -2.59. The zero-order chi connectivity index (χ0) is 28.1. The molecule has 0 radical (unpaired) electrons. The largest absolute Gasteiger partial charge is 0.456 e. The van der Waals surface area contributed by atoms with Crippen molar-refractivity contribution in [2.24, 2.45) is 0 Å². The summed E-state index contributed by atoms with van der Waals surface area (Å²) in [6, 6.07) is 19.9. The number of amides is 3. The zero-order valence-corrected chi connectivity index (χ0v) is 23.4. The number of hydrogen-bond acceptors (Lipinski definition) is 5. The van der Waals surface area contributed by atoms with Crippen molar-refractivity contribution in [2.75, 3.05) is 32.7 Å². The molecule has 5 rings (SSSR count). The molecule has 2 aliphatic rings. The quantitative estimate of drug-likeness (QED) is 0.370. The van der Waals surface area contributed by atoms with Gasteiger partial charge in [-0.2, -0.15) is 0 Å². The molecule has 40 heavy (non-hydrogen) atoms. The van der Waals surface area contributed by atoms with Gasteiger partial charge in [-0.05, 0) is 60.9 Å². The summed E-state index contributed by atoms with van der Waals surface area (Å²) in [5.74, 6) is -0.189. The Hall–Kier alpha value is -3.92. The van der Waals surface area contributed by atoms with Crippen molar-refractivity contribution in [3.05, 3.63) is 94.2 Å². The Balaban J connectivity index is 1.20. The molecule has 8 nitrogen and oxygen atoms in total. The fourth-order valence-electron chi connectivity index (χ4n) is 4.99. The molecule has 2 fully saturated rings. The Labute approximate surface area is 240 Å². The van der Waals surface area contributed by atoms with Crippen molar-refractivity contribution in [1.82, 2.24) is 14.7 Å².